The summed E-state index contributed by atoms with van der Waals surface area (Å²) in [6, 6.07) is 6.15. The number of carbonyl (C=O) groups is 1. The van der Waals surface area contributed by atoms with E-state index in [0.717, 1.165) is 42.8 Å². The van der Waals surface area contributed by atoms with Gasteiger partial charge in [-0.1, -0.05) is 12.1 Å². The monoisotopic (exact) mass is 355 g/mol. The van der Waals surface area contributed by atoms with Crippen LogP contribution in [0.15, 0.2) is 24.3 Å². The predicted octanol–water partition coefficient (Wildman–Crippen LogP) is 1.91. The van der Waals surface area contributed by atoms with Crippen molar-refractivity contribution in [1.29, 1.82) is 0 Å². The zero-order chi connectivity index (χ0) is 18.7. The van der Waals surface area contributed by atoms with E-state index in [9.17, 15) is 9.90 Å². The standard InChI is InChI=1S/C19H25N5O2/c1-12-13(2)21-19(24-9-3-4-10-24)23-18(12)22-16(17(20)26)11-14-5-7-15(25)8-6-14/h5-8,16,25H,3-4,9-11H2,1-2H3,(H2,20,26)(H,21,22,23)/t16-/m0/s1. The number of amides is 1. The van der Waals surface area contributed by atoms with E-state index >= 15 is 0 Å². The fourth-order valence-electron chi connectivity index (χ4n) is 3.07. The molecule has 1 amide bonds. The van der Waals surface area contributed by atoms with Crippen LogP contribution in [0.1, 0.15) is 29.7 Å². The third-order valence-corrected chi connectivity index (χ3v) is 4.80. The molecule has 26 heavy (non-hydrogen) atoms. The van der Waals surface area contributed by atoms with E-state index < -0.39 is 11.9 Å². The number of aromatic hydroxyl groups is 1. The first-order valence-corrected chi connectivity index (χ1v) is 8.88. The molecule has 7 heteroatoms. The lowest BCUT2D eigenvalue weighted by molar-refractivity contribution is -0.118. The van der Waals surface area contributed by atoms with E-state index in [2.05, 4.69) is 20.2 Å². The first-order valence-electron chi connectivity index (χ1n) is 8.88. The molecular formula is C19H25N5O2. The number of carbonyl (C=O) groups excluding carboxylic acids is 1. The molecule has 0 bridgehead atoms. The maximum atomic E-state index is 12.0. The van der Waals surface area contributed by atoms with Crippen LogP contribution in [0, 0.1) is 13.8 Å². The van der Waals surface area contributed by atoms with Crippen LogP contribution in [0.4, 0.5) is 11.8 Å². The van der Waals surface area contributed by atoms with Gasteiger partial charge in [0.2, 0.25) is 11.9 Å². The minimum atomic E-state index is -0.598. The first kappa shape index (κ1) is 18.0. The molecule has 0 unspecified atom stereocenters. The van der Waals surface area contributed by atoms with Crippen molar-refractivity contribution in [3.05, 3.63) is 41.1 Å². The van der Waals surface area contributed by atoms with Gasteiger partial charge in [-0.2, -0.15) is 4.98 Å². The van der Waals surface area contributed by atoms with Crippen molar-refractivity contribution in [3.8, 4) is 5.75 Å². The molecule has 0 saturated carbocycles. The van der Waals surface area contributed by atoms with Gasteiger partial charge < -0.3 is 21.1 Å². The number of anilines is 2. The Hall–Kier alpha value is -2.83. The first-order chi connectivity index (χ1) is 12.4. The molecule has 1 aromatic carbocycles. The highest BCUT2D eigenvalue weighted by molar-refractivity contribution is 5.83. The zero-order valence-corrected chi connectivity index (χ0v) is 15.2. The van der Waals surface area contributed by atoms with Crippen LogP contribution in [0.5, 0.6) is 5.75 Å². The second kappa shape index (κ2) is 7.59. The van der Waals surface area contributed by atoms with Crippen molar-refractivity contribution < 1.29 is 9.90 Å². The summed E-state index contributed by atoms with van der Waals surface area (Å²) in [6.45, 7) is 5.79. The Morgan fingerprint density at radius 1 is 1.23 bits per heavy atom. The maximum absolute atomic E-state index is 12.0. The van der Waals surface area contributed by atoms with E-state index in [1.807, 2.05) is 13.8 Å². The van der Waals surface area contributed by atoms with Crippen molar-refractivity contribution >= 4 is 17.7 Å². The molecule has 138 valence electrons. The summed E-state index contributed by atoms with van der Waals surface area (Å²) in [7, 11) is 0. The fourth-order valence-corrected chi connectivity index (χ4v) is 3.07. The van der Waals surface area contributed by atoms with Crippen LogP contribution < -0.4 is 16.0 Å². The highest BCUT2D eigenvalue weighted by atomic mass is 16.3. The van der Waals surface area contributed by atoms with Gasteiger partial charge in [0.25, 0.3) is 0 Å². The van der Waals surface area contributed by atoms with Crippen LogP contribution in [0.3, 0.4) is 0 Å². The topological polar surface area (TPSA) is 104 Å². The average molecular weight is 355 g/mol. The number of nitrogens with zero attached hydrogens (tertiary/aromatic N) is 3. The molecule has 7 nitrogen and oxygen atoms in total. The molecule has 1 saturated heterocycles. The number of aryl methyl sites for hydroxylation is 1. The molecule has 0 spiro atoms. The Kier molecular flexibility index (Phi) is 5.25. The molecule has 4 N–H and O–H groups in total. The van der Waals surface area contributed by atoms with E-state index in [4.69, 9.17) is 5.73 Å². The third kappa shape index (κ3) is 4.04. The van der Waals surface area contributed by atoms with Gasteiger partial charge >= 0.3 is 0 Å². The highest BCUT2D eigenvalue weighted by Gasteiger charge is 2.21. The predicted molar refractivity (Wildman–Crippen MR) is 101 cm³/mol. The number of primary amides is 1. The summed E-state index contributed by atoms with van der Waals surface area (Å²) in [5, 5.41) is 12.6. The molecule has 1 aliphatic heterocycles. The number of hydrogen-bond acceptors (Lipinski definition) is 6. The summed E-state index contributed by atoms with van der Waals surface area (Å²) in [5.41, 5.74) is 8.30. The lowest BCUT2D eigenvalue weighted by atomic mass is 10.0. The Bertz CT molecular complexity index is 785. The summed E-state index contributed by atoms with van der Waals surface area (Å²) in [4.78, 5) is 23.4. The molecule has 1 atom stereocenters. The molecule has 2 heterocycles. The number of hydrogen-bond donors (Lipinski definition) is 3. The van der Waals surface area contributed by atoms with Crippen LogP contribution in [-0.4, -0.2) is 40.1 Å². The Morgan fingerprint density at radius 3 is 2.50 bits per heavy atom. The number of benzene rings is 1. The van der Waals surface area contributed by atoms with Gasteiger partial charge in [-0.15, -0.1) is 0 Å². The van der Waals surface area contributed by atoms with E-state index in [1.54, 1.807) is 24.3 Å². The van der Waals surface area contributed by atoms with E-state index in [-0.39, 0.29) is 5.75 Å². The van der Waals surface area contributed by atoms with Crippen LogP contribution in [0.25, 0.3) is 0 Å². The third-order valence-electron chi connectivity index (χ3n) is 4.80. The molecule has 0 radical (unpaired) electrons. The summed E-state index contributed by atoms with van der Waals surface area (Å²) < 4.78 is 0. The molecule has 1 fully saturated rings. The lowest BCUT2D eigenvalue weighted by Crippen LogP contribution is -2.38. The number of nitrogens with two attached hydrogens (primary N) is 1. The van der Waals surface area contributed by atoms with Gasteiger partial charge in [-0.05, 0) is 44.4 Å². The van der Waals surface area contributed by atoms with Crippen LogP contribution in [0.2, 0.25) is 0 Å². The Balaban J connectivity index is 1.83. The highest BCUT2D eigenvalue weighted by Crippen LogP contribution is 2.23. The van der Waals surface area contributed by atoms with Gasteiger partial charge in [0.1, 0.15) is 17.6 Å². The second-order valence-corrected chi connectivity index (χ2v) is 6.75. The van der Waals surface area contributed by atoms with Crippen molar-refractivity contribution in [3.63, 3.8) is 0 Å². The molecule has 3 rings (SSSR count). The normalized spacial score (nSPS) is 15.1. The zero-order valence-electron chi connectivity index (χ0n) is 15.2. The van der Waals surface area contributed by atoms with Gasteiger partial charge in [-0.25, -0.2) is 4.98 Å². The largest absolute Gasteiger partial charge is 0.508 e. The van der Waals surface area contributed by atoms with E-state index in [0.29, 0.717) is 18.2 Å². The Labute approximate surface area is 153 Å². The summed E-state index contributed by atoms with van der Waals surface area (Å²) >= 11 is 0. The number of phenolic OH excluding ortho intramolecular Hbond substituents is 1. The Morgan fingerprint density at radius 2 is 1.88 bits per heavy atom. The molecular weight excluding hydrogens is 330 g/mol. The van der Waals surface area contributed by atoms with Gasteiger partial charge in [0.05, 0.1) is 0 Å². The van der Waals surface area contributed by atoms with Crippen molar-refractivity contribution in [2.75, 3.05) is 23.3 Å². The average Bonchev–Trinajstić information content (AvgIpc) is 3.14. The number of nitrogens with one attached hydrogen (secondary N) is 1. The number of aromatic nitrogens is 2. The minimum Gasteiger partial charge on any atom is -0.508 e. The maximum Gasteiger partial charge on any atom is 0.240 e. The van der Waals surface area contributed by atoms with Crippen molar-refractivity contribution in [2.45, 2.75) is 39.2 Å². The SMILES string of the molecule is Cc1nc(N2CCCC2)nc(N[C@@H](Cc2ccc(O)cc2)C(N)=O)c1C. The van der Waals surface area contributed by atoms with Crippen molar-refractivity contribution in [2.24, 2.45) is 5.73 Å². The number of rotatable bonds is 6. The summed E-state index contributed by atoms with van der Waals surface area (Å²) in [6.07, 6.45) is 2.70. The van der Waals surface area contributed by atoms with Gasteiger partial charge in [0.15, 0.2) is 0 Å². The lowest BCUT2D eigenvalue weighted by Gasteiger charge is -2.21. The molecule has 2 aromatic rings. The smallest absolute Gasteiger partial charge is 0.240 e. The molecule has 0 aliphatic carbocycles. The molecule has 1 aromatic heterocycles. The van der Waals surface area contributed by atoms with Crippen molar-refractivity contribution in [1.82, 2.24) is 9.97 Å². The summed E-state index contributed by atoms with van der Waals surface area (Å²) in [5.74, 6) is 1.08. The van der Waals surface area contributed by atoms with Gasteiger partial charge in [0, 0.05) is 30.8 Å². The van der Waals surface area contributed by atoms with E-state index in [1.165, 1.54) is 0 Å². The molecule has 1 aliphatic rings. The van der Waals surface area contributed by atoms with Gasteiger partial charge in [-0.3, -0.25) is 4.79 Å². The quantitative estimate of drug-likeness (QED) is 0.731. The fraction of sp³-hybridized carbons (Fsp3) is 0.421. The second-order valence-electron chi connectivity index (χ2n) is 6.75. The van der Waals surface area contributed by atoms with Crippen LogP contribution in [-0.2, 0) is 11.2 Å². The van der Waals surface area contributed by atoms with Crippen LogP contribution >= 0.6 is 0 Å². The minimum absolute atomic E-state index is 0.190. The number of phenols is 1.